The van der Waals surface area contributed by atoms with Crippen LogP contribution in [0, 0.1) is 0 Å². The monoisotopic (exact) mass is 331 g/mol. The molecule has 0 amide bonds. The Kier molecular flexibility index (Phi) is 4.09. The molecule has 0 unspecified atom stereocenters. The first-order chi connectivity index (χ1) is 12.3. The van der Waals surface area contributed by atoms with Crippen LogP contribution in [0.3, 0.4) is 0 Å². The van der Waals surface area contributed by atoms with Crippen LogP contribution in [-0.2, 0) is 0 Å². The molecule has 0 saturated heterocycles. The number of hydrogen-bond donors (Lipinski definition) is 0. The van der Waals surface area contributed by atoms with Crippen LogP contribution in [-0.4, -0.2) is 19.4 Å². The molecule has 25 heavy (non-hydrogen) atoms. The van der Waals surface area contributed by atoms with Crippen molar-refractivity contribution in [1.29, 1.82) is 0 Å². The average Bonchev–Trinajstić information content (AvgIpc) is 2.68. The summed E-state index contributed by atoms with van der Waals surface area (Å²) in [7, 11) is 0. The maximum absolute atomic E-state index is 10.7. The van der Waals surface area contributed by atoms with Crippen LogP contribution < -0.4 is 14.4 Å². The first kappa shape index (κ1) is 15.3. The molecule has 0 radical (unpaired) electrons. The van der Waals surface area contributed by atoms with Gasteiger partial charge in [-0.05, 0) is 48.5 Å². The molecule has 0 atom stereocenters. The van der Waals surface area contributed by atoms with Crippen molar-refractivity contribution in [1.82, 2.24) is 0 Å². The van der Waals surface area contributed by atoms with Gasteiger partial charge in [-0.25, -0.2) is 0 Å². The summed E-state index contributed by atoms with van der Waals surface area (Å²) in [6, 6.07) is 23.1. The van der Waals surface area contributed by atoms with E-state index in [9.17, 15) is 4.79 Å². The number of nitrogens with zero attached hydrogens (tertiary/aromatic N) is 1. The minimum atomic E-state index is 0.517. The van der Waals surface area contributed by atoms with Crippen molar-refractivity contribution >= 4 is 17.7 Å². The van der Waals surface area contributed by atoms with Crippen LogP contribution in [0.5, 0.6) is 17.2 Å². The van der Waals surface area contributed by atoms with Crippen molar-refractivity contribution in [3.63, 3.8) is 0 Å². The number of rotatable bonds is 5. The minimum absolute atomic E-state index is 0.517. The van der Waals surface area contributed by atoms with E-state index in [1.54, 1.807) is 12.1 Å². The first-order valence-corrected chi connectivity index (χ1v) is 8.16. The van der Waals surface area contributed by atoms with E-state index in [2.05, 4.69) is 4.90 Å². The lowest BCUT2D eigenvalue weighted by Crippen LogP contribution is -2.26. The molecular weight excluding hydrogens is 314 g/mol. The zero-order valence-electron chi connectivity index (χ0n) is 13.6. The lowest BCUT2D eigenvalue weighted by molar-refractivity contribution is 0.112. The fourth-order valence-electron chi connectivity index (χ4n) is 2.92. The fraction of sp³-hybridized carbons (Fsp3) is 0.0952. The molecule has 4 nitrogen and oxygen atoms in total. The number of para-hydroxylation sites is 4. The maximum Gasteiger partial charge on any atom is 0.151 e. The van der Waals surface area contributed by atoms with Crippen LogP contribution in [0.1, 0.15) is 10.4 Å². The maximum atomic E-state index is 10.7. The number of anilines is 2. The van der Waals surface area contributed by atoms with Crippen LogP contribution in [0.2, 0.25) is 0 Å². The second kappa shape index (κ2) is 6.69. The lowest BCUT2D eigenvalue weighted by atomic mass is 10.1. The Labute approximate surface area is 146 Å². The highest BCUT2D eigenvalue weighted by atomic mass is 16.5. The molecule has 124 valence electrons. The van der Waals surface area contributed by atoms with Gasteiger partial charge in [0.1, 0.15) is 18.6 Å². The largest absolute Gasteiger partial charge is 0.492 e. The van der Waals surface area contributed by atoms with Crippen LogP contribution in [0.15, 0.2) is 72.8 Å². The van der Waals surface area contributed by atoms with Crippen molar-refractivity contribution in [3.8, 4) is 17.2 Å². The third kappa shape index (κ3) is 3.06. The number of ether oxygens (including phenoxy) is 2. The zero-order chi connectivity index (χ0) is 17.1. The van der Waals surface area contributed by atoms with Crippen molar-refractivity contribution in [2.24, 2.45) is 0 Å². The highest BCUT2D eigenvalue weighted by Crippen LogP contribution is 2.45. The van der Waals surface area contributed by atoms with Gasteiger partial charge in [0, 0.05) is 5.56 Å². The minimum Gasteiger partial charge on any atom is -0.492 e. The molecule has 1 aliphatic rings. The SMILES string of the molecule is O=Cc1ccc(OCCN2c3ccccc3Oc3ccccc32)cc1. The summed E-state index contributed by atoms with van der Waals surface area (Å²) in [4.78, 5) is 12.9. The van der Waals surface area contributed by atoms with E-state index in [1.807, 2.05) is 60.7 Å². The summed E-state index contributed by atoms with van der Waals surface area (Å²) in [6.07, 6.45) is 0.825. The van der Waals surface area contributed by atoms with Gasteiger partial charge < -0.3 is 14.4 Å². The molecule has 0 aliphatic carbocycles. The molecule has 3 aromatic rings. The second-order valence-corrected chi connectivity index (χ2v) is 5.72. The summed E-state index contributed by atoms with van der Waals surface area (Å²) >= 11 is 0. The highest BCUT2D eigenvalue weighted by Gasteiger charge is 2.23. The number of carbonyl (C=O) groups is 1. The van der Waals surface area contributed by atoms with E-state index in [0.29, 0.717) is 18.7 Å². The summed E-state index contributed by atoms with van der Waals surface area (Å²) in [6.45, 7) is 1.20. The molecule has 1 heterocycles. The Morgan fingerprint density at radius 1 is 0.840 bits per heavy atom. The second-order valence-electron chi connectivity index (χ2n) is 5.72. The predicted molar refractivity (Wildman–Crippen MR) is 97.3 cm³/mol. The molecular formula is C21H17NO3. The number of hydrogen-bond acceptors (Lipinski definition) is 4. The smallest absolute Gasteiger partial charge is 0.151 e. The average molecular weight is 331 g/mol. The van der Waals surface area contributed by atoms with Crippen molar-refractivity contribution < 1.29 is 14.3 Å². The van der Waals surface area contributed by atoms with Crippen LogP contribution in [0.25, 0.3) is 0 Å². The molecule has 0 aromatic heterocycles. The van der Waals surface area contributed by atoms with Crippen molar-refractivity contribution in [2.75, 3.05) is 18.1 Å². The molecule has 4 heteroatoms. The topological polar surface area (TPSA) is 38.8 Å². The van der Waals surface area contributed by atoms with Crippen molar-refractivity contribution in [2.45, 2.75) is 0 Å². The van der Waals surface area contributed by atoms with E-state index in [1.165, 1.54) is 0 Å². The standard InChI is InChI=1S/C21H17NO3/c23-15-16-9-11-17(12-10-16)24-14-13-22-18-5-1-3-7-20(18)25-21-8-4-2-6-19(21)22/h1-12,15H,13-14H2. The van der Waals surface area contributed by atoms with Gasteiger partial charge in [0.2, 0.25) is 0 Å². The predicted octanol–water partition coefficient (Wildman–Crippen LogP) is 4.82. The number of carbonyl (C=O) groups excluding carboxylic acids is 1. The molecule has 0 saturated carbocycles. The quantitative estimate of drug-likeness (QED) is 0.628. The lowest BCUT2D eigenvalue weighted by Gasteiger charge is -2.32. The fourth-order valence-corrected chi connectivity index (χ4v) is 2.92. The Morgan fingerprint density at radius 2 is 1.44 bits per heavy atom. The Bertz CT molecular complexity index is 844. The van der Waals surface area contributed by atoms with Gasteiger partial charge in [-0.3, -0.25) is 4.79 Å². The van der Waals surface area contributed by atoms with Gasteiger partial charge in [-0.15, -0.1) is 0 Å². The Hall–Kier alpha value is -3.27. The van der Waals surface area contributed by atoms with Crippen molar-refractivity contribution in [3.05, 3.63) is 78.4 Å². The van der Waals surface area contributed by atoms with E-state index >= 15 is 0 Å². The highest BCUT2D eigenvalue weighted by molar-refractivity contribution is 5.77. The summed E-state index contributed by atoms with van der Waals surface area (Å²) in [5.74, 6) is 2.44. The van der Waals surface area contributed by atoms with E-state index in [0.717, 1.165) is 34.9 Å². The number of benzene rings is 3. The van der Waals surface area contributed by atoms with E-state index in [4.69, 9.17) is 9.47 Å². The van der Waals surface area contributed by atoms with Gasteiger partial charge in [-0.2, -0.15) is 0 Å². The van der Waals surface area contributed by atoms with Gasteiger partial charge in [0.25, 0.3) is 0 Å². The molecule has 0 fully saturated rings. The molecule has 3 aromatic carbocycles. The summed E-state index contributed by atoms with van der Waals surface area (Å²) in [5, 5.41) is 0. The van der Waals surface area contributed by atoms with Crippen LogP contribution in [0.4, 0.5) is 11.4 Å². The molecule has 0 bridgehead atoms. The Morgan fingerprint density at radius 3 is 2.04 bits per heavy atom. The van der Waals surface area contributed by atoms with E-state index in [-0.39, 0.29) is 0 Å². The molecule has 0 spiro atoms. The normalized spacial score (nSPS) is 11.9. The molecule has 0 N–H and O–H groups in total. The molecule has 4 rings (SSSR count). The third-order valence-electron chi connectivity index (χ3n) is 4.13. The number of aldehydes is 1. The molecule has 1 aliphatic heterocycles. The number of fused-ring (bicyclic) bond motifs is 2. The zero-order valence-corrected chi connectivity index (χ0v) is 13.6. The first-order valence-electron chi connectivity index (χ1n) is 8.16. The van der Waals surface area contributed by atoms with E-state index < -0.39 is 0 Å². The van der Waals surface area contributed by atoms with Gasteiger partial charge >= 0.3 is 0 Å². The third-order valence-corrected chi connectivity index (χ3v) is 4.13. The Balaban J connectivity index is 1.52. The van der Waals surface area contributed by atoms with Gasteiger partial charge in [0.15, 0.2) is 11.5 Å². The van der Waals surface area contributed by atoms with Crippen LogP contribution >= 0.6 is 0 Å². The summed E-state index contributed by atoms with van der Waals surface area (Å²) < 4.78 is 11.8. The summed E-state index contributed by atoms with van der Waals surface area (Å²) in [5.41, 5.74) is 2.70. The van der Waals surface area contributed by atoms with Gasteiger partial charge in [-0.1, -0.05) is 24.3 Å². The van der Waals surface area contributed by atoms with Gasteiger partial charge in [0.05, 0.1) is 17.9 Å².